The summed E-state index contributed by atoms with van der Waals surface area (Å²) in [4.78, 5) is 1.34. The highest BCUT2D eigenvalue weighted by Gasteiger charge is 2.24. The van der Waals surface area contributed by atoms with Crippen LogP contribution in [0.3, 0.4) is 0 Å². The lowest BCUT2D eigenvalue weighted by atomic mass is 10.3. The monoisotopic (exact) mass is 352 g/mol. The molecule has 2 rings (SSSR count). The zero-order valence-corrected chi connectivity index (χ0v) is 14.9. The number of thioether (sulfide) groups is 2. The molecule has 20 heavy (non-hydrogen) atoms. The van der Waals surface area contributed by atoms with Gasteiger partial charge in [-0.2, -0.15) is 23.5 Å². The van der Waals surface area contributed by atoms with E-state index in [4.69, 9.17) is 0 Å². The van der Waals surface area contributed by atoms with E-state index in [9.17, 15) is 8.42 Å². The second kappa shape index (κ2) is 7.51. The van der Waals surface area contributed by atoms with E-state index in [1.54, 1.807) is 0 Å². The molecule has 1 atom stereocenters. The van der Waals surface area contributed by atoms with Crippen LogP contribution in [0.2, 0.25) is 0 Å². The lowest BCUT2D eigenvalue weighted by molar-refractivity contribution is 0.580. The van der Waals surface area contributed by atoms with Crippen LogP contribution in [0.1, 0.15) is 10.4 Å². The maximum Gasteiger partial charge on any atom is 0.242 e. The molecule has 0 aromatic carbocycles. The molecule has 1 unspecified atom stereocenters. The predicted octanol–water partition coefficient (Wildman–Crippen LogP) is 1.90. The molecule has 2 N–H and O–H groups in total. The van der Waals surface area contributed by atoms with Gasteiger partial charge in [-0.1, -0.05) is 0 Å². The first kappa shape index (κ1) is 16.6. The van der Waals surface area contributed by atoms with Gasteiger partial charge in [0.05, 0.1) is 0 Å². The molecule has 0 saturated carbocycles. The number of nitrogens with one attached hydrogen (secondary N) is 2. The summed E-state index contributed by atoms with van der Waals surface area (Å²) in [6.07, 6.45) is 0. The van der Waals surface area contributed by atoms with Crippen molar-refractivity contribution in [2.45, 2.75) is 23.6 Å². The molecular weight excluding hydrogens is 332 g/mol. The van der Waals surface area contributed by atoms with E-state index in [1.807, 2.05) is 42.9 Å². The molecule has 1 aromatic heterocycles. The molecule has 114 valence electrons. The van der Waals surface area contributed by atoms with Crippen LogP contribution in [0, 0.1) is 6.92 Å². The summed E-state index contributed by atoms with van der Waals surface area (Å²) in [5.74, 6) is 3.31. The molecule has 0 aliphatic carbocycles. The average Bonchev–Trinajstić information content (AvgIpc) is 2.80. The van der Waals surface area contributed by atoms with Crippen molar-refractivity contribution in [3.63, 3.8) is 0 Å². The molecule has 8 heteroatoms. The van der Waals surface area contributed by atoms with Crippen LogP contribution in [-0.4, -0.2) is 44.5 Å². The largest absolute Gasteiger partial charge is 0.315 e. The Bertz CT molecular complexity index is 536. The van der Waals surface area contributed by atoms with Gasteiger partial charge >= 0.3 is 0 Å². The van der Waals surface area contributed by atoms with Gasteiger partial charge < -0.3 is 5.32 Å². The molecule has 1 saturated heterocycles. The Labute approximate surface area is 133 Å². The van der Waals surface area contributed by atoms with Crippen molar-refractivity contribution in [3.8, 4) is 0 Å². The van der Waals surface area contributed by atoms with Crippen LogP contribution in [-0.2, 0) is 16.6 Å². The number of rotatable bonds is 6. The summed E-state index contributed by atoms with van der Waals surface area (Å²) in [7, 11) is -1.57. The Balaban J connectivity index is 2.07. The number of aryl methyl sites for hydroxylation is 1. The van der Waals surface area contributed by atoms with E-state index in [0.717, 1.165) is 21.9 Å². The third-order valence-corrected chi connectivity index (χ3v) is 8.71. The van der Waals surface area contributed by atoms with E-state index in [-0.39, 0.29) is 0 Å². The van der Waals surface area contributed by atoms with Crippen molar-refractivity contribution in [2.75, 3.05) is 30.9 Å². The van der Waals surface area contributed by atoms with Gasteiger partial charge in [-0.25, -0.2) is 13.1 Å². The second-order valence-electron chi connectivity index (χ2n) is 4.62. The molecule has 0 amide bonds. The highest BCUT2D eigenvalue weighted by atomic mass is 32.2. The zero-order valence-electron chi connectivity index (χ0n) is 11.6. The number of hydrogen-bond acceptors (Lipinski definition) is 6. The highest BCUT2D eigenvalue weighted by molar-refractivity contribution is 8.06. The molecule has 2 heterocycles. The van der Waals surface area contributed by atoms with Gasteiger partial charge in [-0.05, 0) is 24.9 Å². The fourth-order valence-corrected chi connectivity index (χ4v) is 7.68. The van der Waals surface area contributed by atoms with Gasteiger partial charge in [0, 0.05) is 40.5 Å². The predicted molar refractivity (Wildman–Crippen MR) is 90.6 cm³/mol. The first-order valence-electron chi connectivity index (χ1n) is 6.45. The Morgan fingerprint density at radius 2 is 2.20 bits per heavy atom. The van der Waals surface area contributed by atoms with E-state index in [2.05, 4.69) is 10.0 Å². The lowest BCUT2D eigenvalue weighted by Gasteiger charge is -2.21. The van der Waals surface area contributed by atoms with Crippen molar-refractivity contribution in [3.05, 3.63) is 15.8 Å². The van der Waals surface area contributed by atoms with Gasteiger partial charge in [0.1, 0.15) is 4.90 Å². The lowest BCUT2D eigenvalue weighted by Crippen LogP contribution is -2.34. The fraction of sp³-hybridized carbons (Fsp3) is 0.667. The molecule has 4 nitrogen and oxygen atoms in total. The molecule has 1 aliphatic heterocycles. The number of hydrogen-bond donors (Lipinski definition) is 2. The van der Waals surface area contributed by atoms with Crippen LogP contribution >= 0.6 is 34.9 Å². The average molecular weight is 353 g/mol. The number of sulfonamides is 1. The summed E-state index contributed by atoms with van der Waals surface area (Å²) in [5, 5.41) is 5.32. The normalized spacial score (nSPS) is 20.2. The first-order chi connectivity index (χ1) is 9.54. The molecule has 0 radical (unpaired) electrons. The van der Waals surface area contributed by atoms with E-state index in [1.165, 1.54) is 17.1 Å². The Hall–Kier alpha value is 0.270. The number of thiophene rings is 1. The van der Waals surface area contributed by atoms with Crippen molar-refractivity contribution < 1.29 is 8.42 Å². The first-order valence-corrected chi connectivity index (χ1v) is 11.0. The smallest absolute Gasteiger partial charge is 0.242 e. The van der Waals surface area contributed by atoms with Gasteiger partial charge in [0.2, 0.25) is 10.0 Å². The summed E-state index contributed by atoms with van der Waals surface area (Å²) in [5.41, 5.74) is 0.832. The topological polar surface area (TPSA) is 58.2 Å². The van der Waals surface area contributed by atoms with Gasteiger partial charge in [-0.3, -0.25) is 0 Å². The summed E-state index contributed by atoms with van der Waals surface area (Å²) in [6, 6.07) is 0. The van der Waals surface area contributed by atoms with Crippen LogP contribution < -0.4 is 10.0 Å². The minimum Gasteiger partial charge on any atom is -0.315 e. The Morgan fingerprint density at radius 1 is 1.40 bits per heavy atom. The van der Waals surface area contributed by atoms with Crippen molar-refractivity contribution in [1.82, 2.24) is 10.0 Å². The molecule has 1 aliphatic rings. The minimum atomic E-state index is -3.40. The van der Waals surface area contributed by atoms with Gasteiger partial charge in [0.15, 0.2) is 0 Å². The van der Waals surface area contributed by atoms with E-state index < -0.39 is 10.0 Å². The van der Waals surface area contributed by atoms with E-state index in [0.29, 0.717) is 23.2 Å². The van der Waals surface area contributed by atoms with Crippen molar-refractivity contribution in [1.29, 1.82) is 0 Å². The minimum absolute atomic E-state index is 0.384. The molecular formula is C12H20N2O2S4. The quantitative estimate of drug-likeness (QED) is 0.819. The van der Waals surface area contributed by atoms with Gasteiger partial charge in [0.25, 0.3) is 0 Å². The van der Waals surface area contributed by atoms with Crippen LogP contribution in [0.25, 0.3) is 0 Å². The van der Waals surface area contributed by atoms with Crippen LogP contribution in [0.4, 0.5) is 0 Å². The summed E-state index contributed by atoms with van der Waals surface area (Å²) >= 11 is 5.26. The SMILES string of the molecule is CNCc1scc(C)c1S(=O)(=O)NCC1CSCCS1. The van der Waals surface area contributed by atoms with Crippen molar-refractivity contribution in [2.24, 2.45) is 0 Å². The van der Waals surface area contributed by atoms with Crippen LogP contribution in [0.5, 0.6) is 0 Å². The third-order valence-electron chi connectivity index (χ3n) is 2.98. The Kier molecular flexibility index (Phi) is 6.25. The standard InChI is InChI=1S/C12H20N2O2S4/c1-9-7-19-11(6-13-2)12(9)20(15,16)14-5-10-8-17-3-4-18-10/h7,10,13-14H,3-6,8H2,1-2H3. The summed E-state index contributed by atoms with van der Waals surface area (Å²) < 4.78 is 27.8. The van der Waals surface area contributed by atoms with E-state index >= 15 is 0 Å². The highest BCUT2D eigenvalue weighted by Crippen LogP contribution is 2.28. The Morgan fingerprint density at radius 3 is 2.85 bits per heavy atom. The molecule has 1 aromatic rings. The maximum absolute atomic E-state index is 12.5. The molecule has 1 fully saturated rings. The maximum atomic E-state index is 12.5. The molecule has 0 spiro atoms. The zero-order chi connectivity index (χ0) is 14.6. The fourth-order valence-electron chi connectivity index (χ4n) is 2.06. The second-order valence-corrected chi connectivity index (χ2v) is 9.85. The third kappa shape index (κ3) is 4.14. The van der Waals surface area contributed by atoms with Crippen LogP contribution in [0.15, 0.2) is 10.3 Å². The van der Waals surface area contributed by atoms with Gasteiger partial charge in [-0.15, -0.1) is 11.3 Å². The van der Waals surface area contributed by atoms with Crippen molar-refractivity contribution >= 4 is 44.9 Å². The summed E-state index contributed by atoms with van der Waals surface area (Å²) in [6.45, 7) is 2.96. The molecule has 0 bridgehead atoms.